The first-order valence-electron chi connectivity index (χ1n) is 3.77. The van der Waals surface area contributed by atoms with Crippen molar-refractivity contribution in [1.29, 1.82) is 0 Å². The lowest BCUT2D eigenvalue weighted by Gasteiger charge is -2.03. The first-order chi connectivity index (χ1) is 6.65. The quantitative estimate of drug-likeness (QED) is 0.594. The molecular weight excluding hydrogens is 204 g/mol. The number of rotatable bonds is 4. The van der Waals surface area contributed by atoms with Crippen LogP contribution < -0.4 is 11.1 Å². The number of nitrogens with two attached hydrogens (primary N) is 1. The number of thiocarbonyl (C=S) groups is 1. The highest BCUT2D eigenvalue weighted by molar-refractivity contribution is 7.80. The van der Waals surface area contributed by atoms with E-state index in [4.69, 9.17) is 18.0 Å². The predicted molar refractivity (Wildman–Crippen MR) is 55.0 cm³/mol. The Labute approximate surface area is 85.8 Å². The average Bonchev–Trinajstić information content (AvgIpc) is 2.52. The van der Waals surface area contributed by atoms with Gasteiger partial charge in [-0.25, -0.2) is 0 Å². The maximum Gasteiger partial charge on any atom is 0.251 e. The summed E-state index contributed by atoms with van der Waals surface area (Å²) in [6.07, 6.45) is 1.45. The molecule has 0 bridgehead atoms. The van der Waals surface area contributed by atoms with Crippen molar-refractivity contribution in [3.63, 3.8) is 0 Å². The van der Waals surface area contributed by atoms with E-state index in [0.717, 1.165) is 0 Å². The third-order valence-corrected chi connectivity index (χ3v) is 1.66. The monoisotopic (exact) mass is 214 g/mol. The number of carbonyl (C=O) groups is 1. The van der Waals surface area contributed by atoms with Gasteiger partial charge in [-0.05, 0) is 0 Å². The molecule has 4 N–H and O–H groups in total. The van der Waals surface area contributed by atoms with Crippen molar-refractivity contribution >= 4 is 28.9 Å². The van der Waals surface area contributed by atoms with E-state index in [1.165, 1.54) is 13.3 Å². The number of methoxy groups -OCH3 is 1. The predicted octanol–water partition coefficient (Wildman–Crippen LogP) is -0.371. The van der Waals surface area contributed by atoms with Crippen LogP contribution in [0.4, 0.5) is 5.82 Å². The summed E-state index contributed by atoms with van der Waals surface area (Å²) in [7, 11) is 1.43. The third-order valence-electron chi connectivity index (χ3n) is 1.44. The Kier molecular flexibility index (Phi) is 3.55. The second-order valence-electron chi connectivity index (χ2n) is 2.50. The summed E-state index contributed by atoms with van der Waals surface area (Å²) < 4.78 is 4.64. The summed E-state index contributed by atoms with van der Waals surface area (Å²) in [4.78, 5) is 11.3. The molecule has 1 rings (SSSR count). The zero-order valence-corrected chi connectivity index (χ0v) is 8.35. The Bertz CT molecular complexity index is 349. The maximum atomic E-state index is 11.1. The van der Waals surface area contributed by atoms with Crippen molar-refractivity contribution < 1.29 is 9.53 Å². The third kappa shape index (κ3) is 2.51. The van der Waals surface area contributed by atoms with Crippen LogP contribution in [0.25, 0.3) is 0 Å². The molecule has 0 atom stereocenters. The number of nitrogens with one attached hydrogen (secondary N) is 2. The molecule has 1 aromatic rings. The molecule has 0 aliphatic heterocycles. The minimum atomic E-state index is -0.297. The molecule has 76 valence electrons. The number of ether oxygens (including phenoxy) is 1. The van der Waals surface area contributed by atoms with Crippen LogP contribution in [0.5, 0.6) is 0 Å². The van der Waals surface area contributed by atoms with Crippen molar-refractivity contribution in [3.8, 4) is 0 Å². The molecule has 1 heterocycles. The Morgan fingerprint density at radius 2 is 2.57 bits per heavy atom. The van der Waals surface area contributed by atoms with Gasteiger partial charge in [0.1, 0.15) is 17.4 Å². The van der Waals surface area contributed by atoms with Gasteiger partial charge in [-0.1, -0.05) is 12.2 Å². The van der Waals surface area contributed by atoms with E-state index in [9.17, 15) is 4.79 Å². The Morgan fingerprint density at radius 1 is 1.86 bits per heavy atom. The molecule has 0 saturated heterocycles. The molecular formula is C7H10N4O2S. The molecule has 0 saturated carbocycles. The second-order valence-corrected chi connectivity index (χ2v) is 2.94. The Morgan fingerprint density at radius 3 is 3.14 bits per heavy atom. The molecule has 0 aliphatic carbocycles. The van der Waals surface area contributed by atoms with Crippen molar-refractivity contribution in [2.45, 2.75) is 0 Å². The number of hydrogen-bond acceptors (Lipinski definition) is 4. The number of aromatic amines is 1. The van der Waals surface area contributed by atoms with Gasteiger partial charge < -0.3 is 15.8 Å². The van der Waals surface area contributed by atoms with E-state index in [-0.39, 0.29) is 17.5 Å². The highest BCUT2D eigenvalue weighted by Crippen LogP contribution is 2.09. The summed E-state index contributed by atoms with van der Waals surface area (Å²) in [6.45, 7) is -0.0320. The Hall–Kier alpha value is -1.47. The van der Waals surface area contributed by atoms with Gasteiger partial charge in [0.2, 0.25) is 0 Å². The lowest BCUT2D eigenvalue weighted by atomic mass is 10.3. The number of carbonyl (C=O) groups excluding carboxylic acids is 1. The fourth-order valence-electron chi connectivity index (χ4n) is 0.875. The standard InChI is InChI=1S/C7H10N4O2S/c1-13-3-5(12)10-7-4(6(8)14)2-9-11-7/h2H,3H2,1H3,(H2,8,14)(H2,9,10,11,12). The molecule has 0 aliphatic rings. The van der Waals surface area contributed by atoms with Crippen LogP contribution >= 0.6 is 12.2 Å². The highest BCUT2D eigenvalue weighted by Gasteiger charge is 2.10. The van der Waals surface area contributed by atoms with E-state index >= 15 is 0 Å². The minimum absolute atomic E-state index is 0.0320. The van der Waals surface area contributed by atoms with Crippen molar-refractivity contribution in [2.75, 3.05) is 19.0 Å². The first kappa shape index (κ1) is 10.6. The van der Waals surface area contributed by atoms with E-state index in [1.807, 2.05) is 0 Å². The molecule has 7 heteroatoms. The SMILES string of the molecule is COCC(=O)Nc1[nH]ncc1C(N)=S. The molecule has 1 aromatic heterocycles. The smallest absolute Gasteiger partial charge is 0.251 e. The van der Waals surface area contributed by atoms with Crippen LogP contribution in [-0.2, 0) is 9.53 Å². The van der Waals surface area contributed by atoms with Gasteiger partial charge in [-0.3, -0.25) is 9.89 Å². The summed E-state index contributed by atoms with van der Waals surface area (Å²) in [5.74, 6) is 0.0915. The number of aromatic nitrogens is 2. The second kappa shape index (κ2) is 4.68. The fraction of sp³-hybridized carbons (Fsp3) is 0.286. The van der Waals surface area contributed by atoms with Crippen molar-refractivity contribution in [3.05, 3.63) is 11.8 Å². The van der Waals surface area contributed by atoms with Gasteiger partial charge in [0, 0.05) is 7.11 Å². The Balaban J connectivity index is 2.71. The molecule has 0 spiro atoms. The van der Waals surface area contributed by atoms with E-state index < -0.39 is 0 Å². The number of nitrogens with zero attached hydrogens (tertiary/aromatic N) is 1. The summed E-state index contributed by atoms with van der Waals surface area (Å²) in [6, 6.07) is 0. The summed E-state index contributed by atoms with van der Waals surface area (Å²) in [5.41, 5.74) is 5.90. The molecule has 0 radical (unpaired) electrons. The van der Waals surface area contributed by atoms with E-state index in [2.05, 4.69) is 20.3 Å². The molecule has 1 amide bonds. The van der Waals surface area contributed by atoms with Crippen molar-refractivity contribution in [1.82, 2.24) is 10.2 Å². The molecule has 0 aromatic carbocycles. The van der Waals surface area contributed by atoms with E-state index in [1.54, 1.807) is 0 Å². The van der Waals surface area contributed by atoms with Gasteiger partial charge in [0.25, 0.3) is 5.91 Å². The van der Waals surface area contributed by atoms with Crippen LogP contribution in [0.2, 0.25) is 0 Å². The molecule has 6 nitrogen and oxygen atoms in total. The lowest BCUT2D eigenvalue weighted by Crippen LogP contribution is -2.20. The molecule has 0 unspecified atom stereocenters. The van der Waals surface area contributed by atoms with Gasteiger partial charge >= 0.3 is 0 Å². The summed E-state index contributed by atoms with van der Waals surface area (Å²) in [5, 5.41) is 8.80. The normalized spacial score (nSPS) is 9.79. The van der Waals surface area contributed by atoms with Gasteiger partial charge in [-0.15, -0.1) is 0 Å². The average molecular weight is 214 g/mol. The number of H-pyrrole nitrogens is 1. The van der Waals surface area contributed by atoms with Crippen molar-refractivity contribution in [2.24, 2.45) is 5.73 Å². The van der Waals surface area contributed by atoms with Gasteiger partial charge in [0.05, 0.1) is 11.8 Å². The number of amides is 1. The lowest BCUT2D eigenvalue weighted by molar-refractivity contribution is -0.119. The fourth-order valence-corrected chi connectivity index (χ4v) is 1.03. The zero-order chi connectivity index (χ0) is 10.6. The van der Waals surface area contributed by atoms with Crippen LogP contribution in [0, 0.1) is 0 Å². The van der Waals surface area contributed by atoms with Crippen LogP contribution in [0.3, 0.4) is 0 Å². The largest absolute Gasteiger partial charge is 0.389 e. The zero-order valence-electron chi connectivity index (χ0n) is 7.53. The minimum Gasteiger partial charge on any atom is -0.389 e. The van der Waals surface area contributed by atoms with E-state index in [0.29, 0.717) is 11.4 Å². The number of hydrogen-bond donors (Lipinski definition) is 3. The highest BCUT2D eigenvalue weighted by atomic mass is 32.1. The van der Waals surface area contributed by atoms with Crippen LogP contribution in [0.1, 0.15) is 5.56 Å². The van der Waals surface area contributed by atoms with Crippen LogP contribution in [-0.4, -0.2) is 34.8 Å². The first-order valence-corrected chi connectivity index (χ1v) is 4.18. The maximum absolute atomic E-state index is 11.1. The molecule has 0 fully saturated rings. The van der Waals surface area contributed by atoms with Crippen LogP contribution in [0.15, 0.2) is 6.20 Å². The van der Waals surface area contributed by atoms with Gasteiger partial charge in [0.15, 0.2) is 0 Å². The summed E-state index contributed by atoms with van der Waals surface area (Å²) >= 11 is 4.76. The number of anilines is 1. The topological polar surface area (TPSA) is 93.0 Å². The molecule has 14 heavy (non-hydrogen) atoms. The van der Waals surface area contributed by atoms with Gasteiger partial charge in [-0.2, -0.15) is 5.10 Å².